The highest BCUT2D eigenvalue weighted by Gasteiger charge is 2.32. The fraction of sp³-hybridized carbons (Fsp3) is 0.467. The maximum Gasteiger partial charge on any atom is 0.597 e. The zero-order chi connectivity index (χ0) is 37.3. The molecule has 3 nitrogen and oxygen atoms in total. The van der Waals surface area contributed by atoms with E-state index in [2.05, 4.69) is 152 Å². The average molecular weight is 712 g/mol. The minimum atomic E-state index is -2.06. The van der Waals surface area contributed by atoms with Crippen LogP contribution in [0.3, 0.4) is 0 Å². The average Bonchev–Trinajstić information content (AvgIpc) is 2.99. The van der Waals surface area contributed by atoms with Gasteiger partial charge in [0.25, 0.3) is 0 Å². The first-order valence-electron chi connectivity index (χ1n) is 18.1. The molecule has 0 radical (unpaired) electrons. The van der Waals surface area contributed by atoms with Crippen molar-refractivity contribution in [1.82, 2.24) is 0 Å². The summed E-state index contributed by atoms with van der Waals surface area (Å²) in [7, 11) is -1.57. The van der Waals surface area contributed by atoms with Crippen LogP contribution >= 0.6 is 16.6 Å². The first-order chi connectivity index (χ1) is 23.0. The fourth-order valence-corrected chi connectivity index (χ4v) is 8.48. The summed E-state index contributed by atoms with van der Waals surface area (Å²) in [6.45, 7) is 31.2. The van der Waals surface area contributed by atoms with Crippen LogP contribution in [0, 0.1) is 0 Å². The van der Waals surface area contributed by atoms with E-state index in [1.54, 1.807) is 0 Å². The number of ether oxygens (including phenoxy) is 1. The van der Waals surface area contributed by atoms with Crippen LogP contribution in [0.1, 0.15) is 132 Å². The molecule has 0 bridgehead atoms. The van der Waals surface area contributed by atoms with E-state index in [0.717, 1.165) is 35.3 Å². The molecule has 3 unspecified atom stereocenters. The summed E-state index contributed by atoms with van der Waals surface area (Å²) in [5.41, 5.74) is 7.03. The molecule has 50 heavy (non-hydrogen) atoms. The molecule has 0 aliphatic carbocycles. The largest absolute Gasteiger partial charge is 0.597 e. The third-order valence-electron chi connectivity index (χ3n) is 9.26. The normalized spacial score (nSPS) is 14.5. The van der Waals surface area contributed by atoms with E-state index in [-0.39, 0.29) is 27.0 Å². The van der Waals surface area contributed by atoms with E-state index in [1.165, 1.54) is 22.0 Å². The van der Waals surface area contributed by atoms with Crippen LogP contribution in [-0.2, 0) is 26.2 Å². The summed E-state index contributed by atoms with van der Waals surface area (Å²) < 4.78 is 26.6. The molecular weight excluding hydrogens is 650 g/mol. The number of hydrogen-bond acceptors (Lipinski definition) is 3. The molecule has 0 aliphatic heterocycles. The van der Waals surface area contributed by atoms with Crippen molar-refractivity contribution in [1.29, 1.82) is 0 Å². The van der Waals surface area contributed by atoms with Crippen molar-refractivity contribution in [2.75, 3.05) is 0 Å². The Hall–Kier alpha value is -2.99. The van der Waals surface area contributed by atoms with E-state index in [9.17, 15) is 4.57 Å². The minimum Gasteiger partial charge on any atom is -0.483 e. The van der Waals surface area contributed by atoms with Crippen molar-refractivity contribution in [3.63, 3.8) is 0 Å². The van der Waals surface area contributed by atoms with E-state index < -0.39 is 8.03 Å². The first kappa shape index (κ1) is 39.8. The van der Waals surface area contributed by atoms with Gasteiger partial charge in [0, 0.05) is 5.56 Å². The smallest absolute Gasteiger partial charge is 0.483 e. The molecule has 0 saturated heterocycles. The molecule has 0 aliphatic rings. The van der Waals surface area contributed by atoms with Crippen LogP contribution in [0.15, 0.2) is 84.9 Å². The molecular formula is C45H61O3P2+. The van der Waals surface area contributed by atoms with E-state index in [4.69, 9.17) is 9.26 Å². The molecule has 0 heterocycles. The standard InChI is InChI=1S/C45H61O3P2/c1-15-28-45(14,47-39-26-20-33(41(2,3)4)29-37(39)43(8,9)10)49-35-22-16-31(17-23-35)32-18-24-36(25-19-32)50(46)48-40-27-21-34(42(5,6)7)30-38(40)44(11,12)13/h16-27,29-30,49H,15,28H2,1-14H3/q+1. The lowest BCUT2D eigenvalue weighted by atomic mass is 9.80. The lowest BCUT2D eigenvalue weighted by Gasteiger charge is -2.34. The van der Waals surface area contributed by atoms with Gasteiger partial charge in [-0.1, -0.05) is 145 Å². The summed E-state index contributed by atoms with van der Waals surface area (Å²) in [6, 6.07) is 29.8. The van der Waals surface area contributed by atoms with Gasteiger partial charge in [0.05, 0.1) is 0 Å². The molecule has 4 aromatic carbocycles. The molecule has 268 valence electrons. The minimum absolute atomic E-state index is 0.0211. The van der Waals surface area contributed by atoms with Crippen molar-refractivity contribution in [2.45, 2.75) is 137 Å². The number of rotatable bonds is 10. The third-order valence-corrected chi connectivity index (χ3v) is 11.8. The summed E-state index contributed by atoms with van der Waals surface area (Å²) in [5.74, 6) is 1.67. The van der Waals surface area contributed by atoms with Crippen molar-refractivity contribution in [3.05, 3.63) is 107 Å². The molecule has 0 fully saturated rings. The molecule has 0 aromatic heterocycles. The van der Waals surface area contributed by atoms with Crippen LogP contribution in [0.25, 0.3) is 11.1 Å². The van der Waals surface area contributed by atoms with E-state index in [1.807, 2.05) is 30.3 Å². The lowest BCUT2D eigenvalue weighted by Crippen LogP contribution is -2.30. The first-order valence-corrected chi connectivity index (χ1v) is 20.3. The fourth-order valence-electron chi connectivity index (χ4n) is 6.16. The van der Waals surface area contributed by atoms with Crippen molar-refractivity contribution >= 4 is 27.2 Å². The zero-order valence-corrected chi connectivity index (χ0v) is 35.1. The highest BCUT2D eigenvalue weighted by atomic mass is 31.1. The Morgan fingerprint density at radius 3 is 1.44 bits per heavy atom. The van der Waals surface area contributed by atoms with E-state index >= 15 is 0 Å². The van der Waals surface area contributed by atoms with Gasteiger partial charge in [-0.15, -0.1) is 0 Å². The SMILES string of the molecule is CCCC(C)(Oc1ccc(C(C)(C)C)cc1C(C)(C)C)Pc1ccc(-c2ccc([P+](=O)Oc3ccc(C(C)(C)C)cc3C(C)(C)C)cc2)cc1. The molecule has 4 aromatic rings. The highest BCUT2D eigenvalue weighted by Crippen LogP contribution is 2.43. The van der Waals surface area contributed by atoms with Crippen molar-refractivity contribution < 1.29 is 13.8 Å². The Kier molecular flexibility index (Phi) is 11.9. The molecule has 5 heteroatoms. The summed E-state index contributed by atoms with van der Waals surface area (Å²) in [4.78, 5) is 0. The molecule has 3 atom stereocenters. The van der Waals surface area contributed by atoms with Gasteiger partial charge in [0.1, 0.15) is 11.1 Å². The Morgan fingerprint density at radius 2 is 1.00 bits per heavy atom. The van der Waals surface area contributed by atoms with E-state index in [0.29, 0.717) is 19.6 Å². The lowest BCUT2D eigenvalue weighted by molar-refractivity contribution is 0.167. The molecule has 0 saturated carbocycles. The quantitative estimate of drug-likeness (QED) is 0.154. The second-order valence-electron chi connectivity index (χ2n) is 18.1. The van der Waals surface area contributed by atoms with Gasteiger partial charge in [-0.05, 0) is 118 Å². The van der Waals surface area contributed by atoms with Crippen LogP contribution < -0.4 is 19.9 Å². The van der Waals surface area contributed by atoms with Crippen LogP contribution in [0.2, 0.25) is 0 Å². The van der Waals surface area contributed by atoms with Crippen molar-refractivity contribution in [3.8, 4) is 22.6 Å². The van der Waals surface area contributed by atoms with Gasteiger partial charge in [-0.25, -0.2) is 4.52 Å². The second-order valence-corrected chi connectivity index (χ2v) is 21.2. The summed E-state index contributed by atoms with van der Waals surface area (Å²) in [6.07, 6.45) is 2.02. The van der Waals surface area contributed by atoms with Gasteiger partial charge in [-0.3, -0.25) is 0 Å². The Labute approximate surface area is 306 Å². The van der Waals surface area contributed by atoms with Gasteiger partial charge < -0.3 is 4.74 Å². The highest BCUT2D eigenvalue weighted by molar-refractivity contribution is 7.49. The number of benzene rings is 4. The van der Waals surface area contributed by atoms with Crippen LogP contribution in [0.5, 0.6) is 11.5 Å². The topological polar surface area (TPSA) is 35.5 Å². The maximum atomic E-state index is 13.4. The molecule has 0 spiro atoms. The second kappa shape index (κ2) is 14.9. The van der Waals surface area contributed by atoms with Gasteiger partial charge in [0.15, 0.2) is 5.75 Å². The predicted octanol–water partition coefficient (Wildman–Crippen LogP) is 12.9. The third kappa shape index (κ3) is 10.1. The maximum absolute atomic E-state index is 13.4. The Balaban J connectivity index is 1.51. The molecule has 4 rings (SSSR count). The van der Waals surface area contributed by atoms with Crippen molar-refractivity contribution in [2.24, 2.45) is 0 Å². The predicted molar refractivity (Wildman–Crippen MR) is 219 cm³/mol. The summed E-state index contributed by atoms with van der Waals surface area (Å²) in [5, 5.41) is 1.64. The number of hydrogen-bond donors (Lipinski definition) is 0. The summed E-state index contributed by atoms with van der Waals surface area (Å²) >= 11 is 0. The molecule has 0 N–H and O–H groups in total. The monoisotopic (exact) mass is 711 g/mol. The van der Waals surface area contributed by atoms with Crippen LogP contribution in [0.4, 0.5) is 0 Å². The van der Waals surface area contributed by atoms with Crippen LogP contribution in [-0.4, -0.2) is 5.34 Å². The Bertz CT molecular complexity index is 1780. The van der Waals surface area contributed by atoms with Gasteiger partial charge in [-0.2, -0.15) is 0 Å². The van der Waals surface area contributed by atoms with Gasteiger partial charge in [0.2, 0.25) is 5.30 Å². The zero-order valence-electron chi connectivity index (χ0n) is 33.2. The van der Waals surface area contributed by atoms with Gasteiger partial charge >= 0.3 is 8.03 Å². The Morgan fingerprint density at radius 1 is 0.560 bits per heavy atom. The molecule has 0 amide bonds.